The summed E-state index contributed by atoms with van der Waals surface area (Å²) in [5.74, 6) is 0.132. The van der Waals surface area contributed by atoms with Gasteiger partial charge in [-0.2, -0.15) is 0 Å². The molecule has 6 nitrogen and oxygen atoms in total. The minimum atomic E-state index is -0.468. The predicted octanol–water partition coefficient (Wildman–Crippen LogP) is 3.99. The first-order valence-electron chi connectivity index (χ1n) is 8.50. The van der Waals surface area contributed by atoms with E-state index in [4.69, 9.17) is 14.2 Å². The number of carbonyl (C=O) groups excluding carboxylic acids is 1. The minimum absolute atomic E-state index is 0.107. The van der Waals surface area contributed by atoms with Gasteiger partial charge in [0.25, 0.3) is 5.91 Å². The second kappa shape index (κ2) is 9.82. The van der Waals surface area contributed by atoms with Crippen molar-refractivity contribution in [2.45, 2.75) is 0 Å². The molecule has 8 heteroatoms. The fourth-order valence-corrected chi connectivity index (χ4v) is 3.08. The van der Waals surface area contributed by atoms with E-state index in [2.05, 4.69) is 10.3 Å². The molecule has 0 aliphatic heterocycles. The van der Waals surface area contributed by atoms with Crippen LogP contribution in [0.3, 0.4) is 0 Å². The van der Waals surface area contributed by atoms with Crippen molar-refractivity contribution in [2.75, 3.05) is 32.2 Å². The molecular weight excluding hydrogens is 383 g/mol. The highest BCUT2D eigenvalue weighted by molar-refractivity contribution is 7.14. The summed E-state index contributed by atoms with van der Waals surface area (Å²) in [5.41, 5.74) is 1.17. The van der Waals surface area contributed by atoms with Gasteiger partial charge in [0.1, 0.15) is 19.0 Å². The number of anilines is 1. The Bertz CT molecular complexity index is 918. The number of benzene rings is 2. The third-order valence-electron chi connectivity index (χ3n) is 3.67. The van der Waals surface area contributed by atoms with Gasteiger partial charge in [0.2, 0.25) is 0 Å². The van der Waals surface area contributed by atoms with E-state index in [-0.39, 0.29) is 24.9 Å². The lowest BCUT2D eigenvalue weighted by atomic mass is 10.1. The van der Waals surface area contributed by atoms with Gasteiger partial charge < -0.3 is 14.2 Å². The van der Waals surface area contributed by atoms with E-state index in [1.807, 2.05) is 30.3 Å². The summed E-state index contributed by atoms with van der Waals surface area (Å²) >= 11 is 1.25. The number of halogens is 1. The molecule has 3 aromatic rings. The van der Waals surface area contributed by atoms with Crippen molar-refractivity contribution in [3.05, 3.63) is 59.7 Å². The number of hydrogen-bond donors (Lipinski definition) is 1. The number of ether oxygens (including phenoxy) is 3. The number of amides is 1. The number of nitrogens with one attached hydrogen (secondary N) is 1. The first-order chi connectivity index (χ1) is 13.7. The molecule has 0 atom stereocenters. The first kappa shape index (κ1) is 19.8. The molecule has 2 aromatic carbocycles. The predicted molar refractivity (Wildman–Crippen MR) is 105 cm³/mol. The molecule has 0 unspecified atom stereocenters. The van der Waals surface area contributed by atoms with E-state index in [9.17, 15) is 9.18 Å². The van der Waals surface area contributed by atoms with Crippen LogP contribution in [0.15, 0.2) is 53.9 Å². The lowest BCUT2D eigenvalue weighted by molar-refractivity contribution is -0.120. The maximum Gasteiger partial charge on any atom is 0.252 e. The van der Waals surface area contributed by atoms with Crippen LogP contribution < -0.4 is 14.8 Å². The van der Waals surface area contributed by atoms with Gasteiger partial charge in [-0.3, -0.25) is 10.1 Å². The molecule has 3 rings (SSSR count). The van der Waals surface area contributed by atoms with Gasteiger partial charge >= 0.3 is 0 Å². The quantitative estimate of drug-likeness (QED) is 0.548. The average molecular weight is 402 g/mol. The summed E-state index contributed by atoms with van der Waals surface area (Å²) in [7, 11) is 1.41. The molecule has 1 aromatic heterocycles. The van der Waals surface area contributed by atoms with Crippen LogP contribution in [0.4, 0.5) is 9.52 Å². The van der Waals surface area contributed by atoms with Gasteiger partial charge in [-0.25, -0.2) is 9.37 Å². The Morgan fingerprint density at radius 1 is 1.18 bits per heavy atom. The van der Waals surface area contributed by atoms with E-state index in [1.54, 1.807) is 11.4 Å². The average Bonchev–Trinajstić information content (AvgIpc) is 3.17. The molecule has 1 heterocycles. The SMILES string of the molecule is COc1ccc(-c2csc(NC(=O)COCCOc3ccccc3)n2)cc1F. The fourth-order valence-electron chi connectivity index (χ4n) is 2.34. The Hall–Kier alpha value is -2.97. The van der Waals surface area contributed by atoms with Crippen molar-refractivity contribution >= 4 is 22.4 Å². The Morgan fingerprint density at radius 2 is 2.00 bits per heavy atom. The number of methoxy groups -OCH3 is 1. The van der Waals surface area contributed by atoms with Gasteiger partial charge in [-0.15, -0.1) is 11.3 Å². The first-order valence-corrected chi connectivity index (χ1v) is 9.38. The van der Waals surface area contributed by atoms with E-state index >= 15 is 0 Å². The highest BCUT2D eigenvalue weighted by Crippen LogP contribution is 2.28. The molecule has 0 fully saturated rings. The van der Waals surface area contributed by atoms with Crippen molar-refractivity contribution in [1.29, 1.82) is 0 Å². The summed E-state index contributed by atoms with van der Waals surface area (Å²) in [4.78, 5) is 16.2. The van der Waals surface area contributed by atoms with Crippen molar-refractivity contribution in [3.8, 4) is 22.8 Å². The third kappa shape index (κ3) is 5.51. The number of rotatable bonds is 9. The van der Waals surface area contributed by atoms with Crippen LogP contribution in [0.25, 0.3) is 11.3 Å². The van der Waals surface area contributed by atoms with E-state index < -0.39 is 5.82 Å². The highest BCUT2D eigenvalue weighted by Gasteiger charge is 2.10. The molecule has 0 radical (unpaired) electrons. The fraction of sp³-hybridized carbons (Fsp3) is 0.200. The zero-order chi connectivity index (χ0) is 19.8. The largest absolute Gasteiger partial charge is 0.494 e. The lowest BCUT2D eigenvalue weighted by Gasteiger charge is -2.06. The smallest absolute Gasteiger partial charge is 0.252 e. The molecule has 1 N–H and O–H groups in total. The molecule has 28 heavy (non-hydrogen) atoms. The summed E-state index contributed by atoms with van der Waals surface area (Å²) < 4.78 is 29.5. The molecule has 0 spiro atoms. The number of nitrogens with zero attached hydrogens (tertiary/aromatic N) is 1. The van der Waals surface area contributed by atoms with Crippen LogP contribution in [0.1, 0.15) is 0 Å². The van der Waals surface area contributed by atoms with Crippen molar-refractivity contribution in [2.24, 2.45) is 0 Å². The summed E-state index contributed by atoms with van der Waals surface area (Å²) in [6.45, 7) is 0.530. The monoisotopic (exact) mass is 402 g/mol. The van der Waals surface area contributed by atoms with Crippen molar-refractivity contribution < 1.29 is 23.4 Å². The van der Waals surface area contributed by atoms with Crippen LogP contribution in [-0.2, 0) is 9.53 Å². The third-order valence-corrected chi connectivity index (χ3v) is 4.43. The number of hydrogen-bond acceptors (Lipinski definition) is 6. The van der Waals surface area contributed by atoms with Crippen LogP contribution >= 0.6 is 11.3 Å². The molecule has 0 saturated heterocycles. The second-order valence-electron chi connectivity index (χ2n) is 5.65. The van der Waals surface area contributed by atoms with E-state index in [0.29, 0.717) is 23.0 Å². The zero-order valence-corrected chi connectivity index (χ0v) is 16.0. The Morgan fingerprint density at radius 3 is 2.75 bits per heavy atom. The topological polar surface area (TPSA) is 69.7 Å². The Balaban J connectivity index is 1.43. The van der Waals surface area contributed by atoms with Gasteiger partial charge in [0, 0.05) is 10.9 Å². The van der Waals surface area contributed by atoms with Crippen molar-refractivity contribution in [3.63, 3.8) is 0 Å². The summed E-state index contributed by atoms with van der Waals surface area (Å²) in [6, 6.07) is 14.0. The molecule has 0 bridgehead atoms. The van der Waals surface area contributed by atoms with Gasteiger partial charge in [-0.05, 0) is 30.3 Å². The van der Waals surface area contributed by atoms with Crippen LogP contribution in [-0.4, -0.2) is 37.8 Å². The number of aromatic nitrogens is 1. The standard InChI is InChI=1S/C20H19FN2O4S/c1-25-18-8-7-14(11-16(18)21)17-13-28-20(22-17)23-19(24)12-26-9-10-27-15-5-3-2-4-6-15/h2-8,11,13H,9-10,12H2,1H3,(H,22,23,24). The van der Waals surface area contributed by atoms with Gasteiger partial charge in [-0.1, -0.05) is 18.2 Å². The van der Waals surface area contributed by atoms with E-state index in [0.717, 1.165) is 5.75 Å². The van der Waals surface area contributed by atoms with Crippen LogP contribution in [0.2, 0.25) is 0 Å². The number of thiazole rings is 1. The summed E-state index contributed by atoms with van der Waals surface area (Å²) in [5, 5.41) is 4.82. The molecule has 0 aliphatic carbocycles. The van der Waals surface area contributed by atoms with Crippen molar-refractivity contribution in [1.82, 2.24) is 4.98 Å². The molecule has 0 saturated carbocycles. The van der Waals surface area contributed by atoms with Crippen LogP contribution in [0.5, 0.6) is 11.5 Å². The number of para-hydroxylation sites is 1. The maximum absolute atomic E-state index is 13.8. The van der Waals surface area contributed by atoms with Gasteiger partial charge in [0.15, 0.2) is 16.7 Å². The highest BCUT2D eigenvalue weighted by atomic mass is 32.1. The maximum atomic E-state index is 13.8. The minimum Gasteiger partial charge on any atom is -0.494 e. The summed E-state index contributed by atoms with van der Waals surface area (Å²) in [6.07, 6.45) is 0. The molecule has 0 aliphatic rings. The second-order valence-corrected chi connectivity index (χ2v) is 6.51. The Kier molecular flexibility index (Phi) is 6.94. The molecule has 146 valence electrons. The van der Waals surface area contributed by atoms with Gasteiger partial charge in [0.05, 0.1) is 19.4 Å². The molecule has 1 amide bonds. The lowest BCUT2D eigenvalue weighted by Crippen LogP contribution is -2.20. The zero-order valence-electron chi connectivity index (χ0n) is 15.2. The normalized spacial score (nSPS) is 10.5. The Labute approximate surface area is 165 Å². The van der Waals surface area contributed by atoms with Crippen LogP contribution in [0, 0.1) is 5.82 Å². The van der Waals surface area contributed by atoms with E-state index in [1.165, 1.54) is 30.6 Å². The number of carbonyl (C=O) groups is 1. The molecular formula is C20H19FN2O4S.